The monoisotopic (exact) mass is 381 g/mol. The summed E-state index contributed by atoms with van der Waals surface area (Å²) in [4.78, 5) is 10.5. The third-order valence-corrected chi connectivity index (χ3v) is 6.80. The zero-order valence-corrected chi connectivity index (χ0v) is 18.0. The first kappa shape index (κ1) is 20.1. The highest BCUT2D eigenvalue weighted by atomic mass is 28.3. The molecule has 143 valence electrons. The van der Waals surface area contributed by atoms with Gasteiger partial charge < -0.3 is 9.53 Å². The van der Waals surface area contributed by atoms with Crippen LogP contribution in [0.1, 0.15) is 35.7 Å². The van der Waals surface area contributed by atoms with Crippen LogP contribution in [0.4, 0.5) is 0 Å². The SMILES string of the molecule is Cc1c(-c2ccc(C[B]C=O)cc2)c(C2CC2)nn1COCC[Si](C)(C)C. The highest BCUT2D eigenvalue weighted by Gasteiger charge is 2.31. The van der Waals surface area contributed by atoms with Gasteiger partial charge in [-0.2, -0.15) is 5.10 Å². The molecule has 0 amide bonds. The Hall–Kier alpha value is -1.66. The van der Waals surface area contributed by atoms with Crippen molar-refractivity contribution in [3.8, 4) is 11.1 Å². The molecule has 0 spiro atoms. The maximum absolute atomic E-state index is 10.5. The number of ether oxygens (including phenoxy) is 1. The molecule has 6 heteroatoms. The quantitative estimate of drug-likeness (QED) is 0.347. The molecule has 0 aliphatic heterocycles. The molecule has 1 aliphatic carbocycles. The summed E-state index contributed by atoms with van der Waals surface area (Å²) in [6, 6.07) is 9.69. The lowest BCUT2D eigenvalue weighted by Crippen LogP contribution is -2.22. The van der Waals surface area contributed by atoms with E-state index in [9.17, 15) is 4.79 Å². The lowest BCUT2D eigenvalue weighted by Gasteiger charge is -2.15. The van der Waals surface area contributed by atoms with Crippen molar-refractivity contribution in [3.05, 3.63) is 41.2 Å². The van der Waals surface area contributed by atoms with Gasteiger partial charge in [-0.05, 0) is 37.7 Å². The Morgan fingerprint density at radius 3 is 2.56 bits per heavy atom. The van der Waals surface area contributed by atoms with Crippen LogP contribution in [0.3, 0.4) is 0 Å². The van der Waals surface area contributed by atoms with Crippen LogP contribution < -0.4 is 0 Å². The second-order valence-corrected chi connectivity index (χ2v) is 14.4. The van der Waals surface area contributed by atoms with E-state index in [1.165, 1.54) is 41.4 Å². The molecule has 0 N–H and O–H groups in total. The summed E-state index contributed by atoms with van der Waals surface area (Å²) >= 11 is 0. The van der Waals surface area contributed by atoms with Gasteiger partial charge in [0, 0.05) is 31.9 Å². The summed E-state index contributed by atoms with van der Waals surface area (Å²) in [5.41, 5.74) is 6.01. The summed E-state index contributed by atoms with van der Waals surface area (Å²) in [6.45, 7) is 10.6. The molecule has 1 saturated carbocycles. The second-order valence-electron chi connectivity index (χ2n) is 8.74. The average molecular weight is 381 g/mol. The van der Waals surface area contributed by atoms with Crippen LogP contribution in [0.15, 0.2) is 24.3 Å². The lowest BCUT2D eigenvalue weighted by molar-refractivity contribution is 0.0769. The Morgan fingerprint density at radius 2 is 1.96 bits per heavy atom. The van der Waals surface area contributed by atoms with Gasteiger partial charge >= 0.3 is 0 Å². The predicted molar refractivity (Wildman–Crippen MR) is 115 cm³/mol. The topological polar surface area (TPSA) is 44.1 Å². The summed E-state index contributed by atoms with van der Waals surface area (Å²) < 4.78 is 7.97. The van der Waals surface area contributed by atoms with Gasteiger partial charge in [0.2, 0.25) is 7.28 Å². The molecule has 1 radical (unpaired) electrons. The first-order valence-corrected chi connectivity index (χ1v) is 13.6. The smallest absolute Gasteiger partial charge is 0.202 e. The van der Waals surface area contributed by atoms with Crippen molar-refractivity contribution in [1.82, 2.24) is 9.78 Å². The zero-order chi connectivity index (χ0) is 19.4. The molecule has 0 bridgehead atoms. The highest BCUT2D eigenvalue weighted by molar-refractivity contribution is 6.76. The first-order chi connectivity index (χ1) is 12.9. The summed E-state index contributed by atoms with van der Waals surface area (Å²) in [6.07, 6.45) is 4.00. The minimum atomic E-state index is -1.07. The normalized spacial score (nSPS) is 14.4. The molecular weight excluding hydrogens is 351 g/mol. The van der Waals surface area contributed by atoms with Crippen molar-refractivity contribution in [2.45, 2.75) is 64.4 Å². The maximum atomic E-state index is 10.5. The number of rotatable bonds is 10. The Labute approximate surface area is 164 Å². The summed E-state index contributed by atoms with van der Waals surface area (Å²) in [7, 11) is 0.575. The molecule has 4 nitrogen and oxygen atoms in total. The van der Waals surface area contributed by atoms with Crippen LogP contribution in [0, 0.1) is 6.92 Å². The fourth-order valence-electron chi connectivity index (χ4n) is 3.22. The van der Waals surface area contributed by atoms with E-state index >= 15 is 0 Å². The van der Waals surface area contributed by atoms with Gasteiger partial charge in [-0.15, -0.1) is 0 Å². The number of aromatic nitrogens is 2. The fourth-order valence-corrected chi connectivity index (χ4v) is 3.97. The van der Waals surface area contributed by atoms with Crippen molar-refractivity contribution in [2.24, 2.45) is 0 Å². The molecule has 3 rings (SSSR count). The van der Waals surface area contributed by atoms with E-state index in [1.54, 1.807) is 7.28 Å². The van der Waals surface area contributed by atoms with E-state index < -0.39 is 8.07 Å². The van der Waals surface area contributed by atoms with Crippen LogP contribution in [0.25, 0.3) is 11.1 Å². The van der Waals surface area contributed by atoms with Crippen LogP contribution in [0.2, 0.25) is 25.7 Å². The lowest BCUT2D eigenvalue weighted by atomic mass is 9.74. The Balaban J connectivity index is 1.76. The van der Waals surface area contributed by atoms with Gasteiger partial charge in [-0.1, -0.05) is 49.5 Å². The van der Waals surface area contributed by atoms with Crippen molar-refractivity contribution in [2.75, 3.05) is 6.61 Å². The second kappa shape index (κ2) is 8.57. The molecular formula is C21H30BN2O2Si. The van der Waals surface area contributed by atoms with Crippen LogP contribution in [-0.4, -0.2) is 37.9 Å². The van der Waals surface area contributed by atoms with Gasteiger partial charge in [0.25, 0.3) is 0 Å². The third kappa shape index (κ3) is 5.42. The molecule has 1 fully saturated rings. The molecule has 1 aromatic heterocycles. The van der Waals surface area contributed by atoms with Gasteiger partial charge in [0.05, 0.1) is 11.9 Å². The molecule has 1 aliphatic rings. The highest BCUT2D eigenvalue weighted by Crippen LogP contribution is 2.44. The van der Waals surface area contributed by atoms with E-state index in [1.807, 2.05) is 4.68 Å². The minimum absolute atomic E-state index is 0.530. The van der Waals surface area contributed by atoms with E-state index in [2.05, 4.69) is 50.8 Å². The van der Waals surface area contributed by atoms with E-state index in [0.717, 1.165) is 18.4 Å². The zero-order valence-electron chi connectivity index (χ0n) is 17.0. The summed E-state index contributed by atoms with van der Waals surface area (Å²) in [5.74, 6) is 0.588. The third-order valence-electron chi connectivity index (χ3n) is 5.10. The minimum Gasteiger partial charge on any atom is -0.360 e. The number of hydrogen-bond donors (Lipinski definition) is 0. The molecule has 0 saturated heterocycles. The number of benzene rings is 1. The fraction of sp³-hybridized carbons (Fsp3) is 0.524. The van der Waals surface area contributed by atoms with Gasteiger partial charge in [0.15, 0.2) is 0 Å². The van der Waals surface area contributed by atoms with Crippen molar-refractivity contribution in [1.29, 1.82) is 0 Å². The standard InChI is InChI=1S/C21H30BN2O2Si/c1-16-20(18-7-5-17(6-8-18)13-22-14-25)21(19-9-10-19)23-24(16)15-26-11-12-27(2,3)4/h5-8,14,19H,9-13,15H2,1-4H3. The number of nitrogens with zero attached hydrogens (tertiary/aromatic N) is 2. The number of carbonyl (C=O) groups excluding carboxylic acids is 1. The van der Waals surface area contributed by atoms with E-state index in [4.69, 9.17) is 9.84 Å². The van der Waals surface area contributed by atoms with Gasteiger partial charge in [-0.25, -0.2) is 4.68 Å². The van der Waals surface area contributed by atoms with Crippen LogP contribution in [0.5, 0.6) is 0 Å². The van der Waals surface area contributed by atoms with Crippen molar-refractivity contribution >= 4 is 21.5 Å². The van der Waals surface area contributed by atoms with Crippen LogP contribution >= 0.6 is 0 Å². The van der Waals surface area contributed by atoms with E-state index in [0.29, 0.717) is 19.0 Å². The Morgan fingerprint density at radius 1 is 1.26 bits per heavy atom. The summed E-state index contributed by atoms with van der Waals surface area (Å²) in [5, 5.41) is 4.90. The largest absolute Gasteiger partial charge is 0.360 e. The number of hydrogen-bond acceptors (Lipinski definition) is 3. The molecule has 27 heavy (non-hydrogen) atoms. The van der Waals surface area contributed by atoms with Crippen LogP contribution in [-0.2, 0) is 22.6 Å². The van der Waals surface area contributed by atoms with E-state index in [-0.39, 0.29) is 0 Å². The Kier molecular flexibility index (Phi) is 6.37. The van der Waals surface area contributed by atoms with Gasteiger partial charge in [0.1, 0.15) is 6.73 Å². The molecule has 0 unspecified atom stereocenters. The molecule has 0 atom stereocenters. The molecule has 1 aromatic carbocycles. The predicted octanol–water partition coefficient (Wildman–Crippen LogP) is 4.44. The molecule has 2 aromatic rings. The first-order valence-electron chi connectivity index (χ1n) is 9.90. The Bertz CT molecular complexity index is 777. The maximum Gasteiger partial charge on any atom is 0.202 e. The average Bonchev–Trinajstić information content (AvgIpc) is 3.41. The molecule has 1 heterocycles. The number of carbonyl (C=O) groups is 1. The van der Waals surface area contributed by atoms with Gasteiger partial charge in [-0.3, -0.25) is 0 Å². The van der Waals surface area contributed by atoms with Crippen molar-refractivity contribution < 1.29 is 9.53 Å². The van der Waals surface area contributed by atoms with Crippen molar-refractivity contribution in [3.63, 3.8) is 0 Å².